The molecule has 0 aromatic heterocycles. The van der Waals surface area contributed by atoms with Crippen LogP contribution >= 0.6 is 0 Å². The Morgan fingerprint density at radius 3 is 2.44 bits per heavy atom. The molecule has 0 aliphatic heterocycles. The van der Waals surface area contributed by atoms with Gasteiger partial charge in [0.05, 0.1) is 24.2 Å². The van der Waals surface area contributed by atoms with Crippen molar-refractivity contribution in [2.75, 3.05) is 13.7 Å². The Bertz CT molecular complexity index is 810. The zero-order valence-electron chi connectivity index (χ0n) is 14.4. The van der Waals surface area contributed by atoms with E-state index in [1.807, 2.05) is 13.0 Å². The van der Waals surface area contributed by atoms with Crippen LogP contribution in [0, 0.1) is 6.92 Å². The number of unbranched alkanes of at least 4 members (excludes halogenated alkanes) is 1. The predicted octanol–water partition coefficient (Wildman–Crippen LogP) is 3.51. The molecule has 0 bridgehead atoms. The summed E-state index contributed by atoms with van der Waals surface area (Å²) in [4.78, 5) is 11.7. The Hall–Kier alpha value is -2.18. The van der Waals surface area contributed by atoms with E-state index in [-0.39, 0.29) is 17.5 Å². The summed E-state index contributed by atoms with van der Waals surface area (Å²) in [7, 11) is -2.36. The molecule has 0 spiro atoms. The van der Waals surface area contributed by atoms with E-state index in [1.54, 1.807) is 42.5 Å². The van der Waals surface area contributed by atoms with Gasteiger partial charge < -0.3 is 4.74 Å². The summed E-state index contributed by atoms with van der Waals surface area (Å²) in [6.07, 6.45) is 2.10. The molecule has 0 N–H and O–H groups in total. The highest BCUT2D eigenvalue weighted by molar-refractivity contribution is 7.86. The van der Waals surface area contributed by atoms with E-state index < -0.39 is 10.1 Å². The van der Waals surface area contributed by atoms with Crippen molar-refractivity contribution in [1.29, 1.82) is 0 Å². The topological polar surface area (TPSA) is 69.7 Å². The molecule has 2 aromatic carbocycles. The summed E-state index contributed by atoms with van der Waals surface area (Å²) >= 11 is 0. The Morgan fingerprint density at radius 1 is 1.04 bits per heavy atom. The molecule has 0 aliphatic carbocycles. The highest BCUT2D eigenvalue weighted by Crippen LogP contribution is 2.14. The first-order valence-corrected chi connectivity index (χ1v) is 9.46. The van der Waals surface area contributed by atoms with E-state index in [2.05, 4.69) is 0 Å². The van der Waals surface area contributed by atoms with Crippen molar-refractivity contribution in [2.24, 2.45) is 0 Å². The first-order valence-electron chi connectivity index (χ1n) is 8.06. The normalized spacial score (nSPS) is 11.3. The van der Waals surface area contributed by atoms with Crippen LogP contribution in [0.1, 0.15) is 34.3 Å². The maximum Gasteiger partial charge on any atom is 0.337 e. The zero-order valence-corrected chi connectivity index (χ0v) is 15.2. The van der Waals surface area contributed by atoms with Gasteiger partial charge in [0.25, 0.3) is 10.1 Å². The lowest BCUT2D eigenvalue weighted by atomic mass is 10.1. The van der Waals surface area contributed by atoms with Crippen molar-refractivity contribution in [3.05, 3.63) is 65.2 Å². The number of carbonyl (C=O) groups is 1. The predicted molar refractivity (Wildman–Crippen MR) is 95.0 cm³/mol. The number of rotatable bonds is 8. The second-order valence-electron chi connectivity index (χ2n) is 5.74. The molecular formula is C19H22O5S. The molecule has 2 rings (SSSR count). The van der Waals surface area contributed by atoms with Crippen molar-refractivity contribution < 1.29 is 22.1 Å². The lowest BCUT2D eigenvalue weighted by molar-refractivity contribution is 0.0600. The fourth-order valence-corrected chi connectivity index (χ4v) is 3.29. The number of hydrogen-bond donors (Lipinski definition) is 0. The lowest BCUT2D eigenvalue weighted by Gasteiger charge is -2.07. The number of benzene rings is 2. The second-order valence-corrected chi connectivity index (χ2v) is 7.35. The Morgan fingerprint density at radius 2 is 1.76 bits per heavy atom. The minimum atomic E-state index is -3.70. The van der Waals surface area contributed by atoms with Gasteiger partial charge in [0.2, 0.25) is 0 Å². The molecule has 0 unspecified atom stereocenters. The molecule has 0 heterocycles. The third-order valence-electron chi connectivity index (χ3n) is 3.76. The molecule has 0 radical (unpaired) electrons. The highest BCUT2D eigenvalue weighted by atomic mass is 32.2. The van der Waals surface area contributed by atoms with E-state index >= 15 is 0 Å². The van der Waals surface area contributed by atoms with Crippen LogP contribution in [0.2, 0.25) is 0 Å². The Balaban J connectivity index is 1.80. The van der Waals surface area contributed by atoms with Crippen LogP contribution in [-0.4, -0.2) is 28.1 Å². The van der Waals surface area contributed by atoms with Crippen molar-refractivity contribution in [3.63, 3.8) is 0 Å². The minimum Gasteiger partial charge on any atom is -0.465 e. The van der Waals surface area contributed by atoms with E-state index in [9.17, 15) is 13.2 Å². The summed E-state index contributed by atoms with van der Waals surface area (Å²) in [6.45, 7) is 2.03. The van der Waals surface area contributed by atoms with Crippen molar-refractivity contribution in [3.8, 4) is 0 Å². The maximum atomic E-state index is 12.1. The first kappa shape index (κ1) is 19.1. The Labute approximate surface area is 148 Å². The Kier molecular flexibility index (Phi) is 6.73. The number of hydrogen-bond acceptors (Lipinski definition) is 5. The van der Waals surface area contributed by atoms with Gasteiger partial charge in [0.15, 0.2) is 0 Å². The van der Waals surface area contributed by atoms with Crippen LogP contribution in [0.3, 0.4) is 0 Å². The summed E-state index contributed by atoms with van der Waals surface area (Å²) < 4.78 is 33.9. The minimum absolute atomic E-state index is 0.132. The number of ether oxygens (including phenoxy) is 1. The summed E-state index contributed by atoms with van der Waals surface area (Å²) in [5.41, 5.74) is 2.51. The average Bonchev–Trinajstić information content (AvgIpc) is 2.61. The first-order chi connectivity index (χ1) is 11.9. The molecule has 25 heavy (non-hydrogen) atoms. The second kappa shape index (κ2) is 8.78. The van der Waals surface area contributed by atoms with Crippen LogP contribution in [0.5, 0.6) is 0 Å². The molecule has 6 heteroatoms. The fourth-order valence-electron chi connectivity index (χ4n) is 2.34. The largest absolute Gasteiger partial charge is 0.465 e. The standard InChI is InChI=1S/C19H22O5S/c1-15-9-11-18(12-10-15)25(21,22)24-13-4-3-6-16-7-5-8-17(14-16)19(20)23-2/h5,7-12,14H,3-4,6,13H2,1-2H3. The van der Waals surface area contributed by atoms with Crippen molar-refractivity contribution >= 4 is 16.1 Å². The highest BCUT2D eigenvalue weighted by Gasteiger charge is 2.14. The number of esters is 1. The summed E-state index contributed by atoms with van der Waals surface area (Å²) in [6, 6.07) is 13.8. The molecule has 5 nitrogen and oxygen atoms in total. The fraction of sp³-hybridized carbons (Fsp3) is 0.316. The number of carbonyl (C=O) groups excluding carboxylic acids is 1. The molecular weight excluding hydrogens is 340 g/mol. The van der Waals surface area contributed by atoms with E-state index in [4.69, 9.17) is 8.92 Å². The molecule has 0 fully saturated rings. The van der Waals surface area contributed by atoms with Crippen LogP contribution in [0.4, 0.5) is 0 Å². The molecule has 0 saturated carbocycles. The van der Waals surface area contributed by atoms with Crippen molar-refractivity contribution in [1.82, 2.24) is 0 Å². The van der Waals surface area contributed by atoms with Gasteiger partial charge in [-0.15, -0.1) is 0 Å². The van der Waals surface area contributed by atoms with Crippen LogP contribution < -0.4 is 0 Å². The third kappa shape index (κ3) is 5.69. The molecule has 0 aliphatic rings. The maximum absolute atomic E-state index is 12.1. The third-order valence-corrected chi connectivity index (χ3v) is 5.08. The SMILES string of the molecule is COC(=O)c1cccc(CCCCOS(=O)(=O)c2ccc(C)cc2)c1. The van der Waals surface area contributed by atoms with Crippen LogP contribution in [0.15, 0.2) is 53.4 Å². The van der Waals surface area contributed by atoms with Crippen LogP contribution in [-0.2, 0) is 25.5 Å². The van der Waals surface area contributed by atoms with Gasteiger partial charge in [-0.05, 0) is 56.0 Å². The quantitative estimate of drug-likeness (QED) is 0.408. The van der Waals surface area contributed by atoms with E-state index in [0.717, 1.165) is 24.0 Å². The van der Waals surface area contributed by atoms with Crippen LogP contribution in [0.25, 0.3) is 0 Å². The monoisotopic (exact) mass is 362 g/mol. The van der Waals surface area contributed by atoms with Gasteiger partial charge in [0, 0.05) is 0 Å². The van der Waals surface area contributed by atoms with Gasteiger partial charge >= 0.3 is 5.97 Å². The van der Waals surface area contributed by atoms with Gasteiger partial charge in [-0.1, -0.05) is 29.8 Å². The lowest BCUT2D eigenvalue weighted by Crippen LogP contribution is -2.08. The number of aryl methyl sites for hydroxylation is 2. The summed E-state index contributed by atoms with van der Waals surface area (Å²) in [5, 5.41) is 0. The molecule has 134 valence electrons. The van der Waals surface area contributed by atoms with E-state index in [1.165, 1.54) is 7.11 Å². The van der Waals surface area contributed by atoms with Crippen molar-refractivity contribution in [2.45, 2.75) is 31.1 Å². The van der Waals surface area contributed by atoms with Gasteiger partial charge in [0.1, 0.15) is 0 Å². The number of methoxy groups -OCH3 is 1. The zero-order chi connectivity index (χ0) is 18.3. The average molecular weight is 362 g/mol. The van der Waals surface area contributed by atoms with Gasteiger partial charge in [-0.3, -0.25) is 4.18 Å². The molecule has 0 amide bonds. The summed E-state index contributed by atoms with van der Waals surface area (Å²) in [5.74, 6) is -0.366. The molecule has 0 saturated heterocycles. The molecule has 0 atom stereocenters. The van der Waals surface area contributed by atoms with Gasteiger partial charge in [-0.2, -0.15) is 8.42 Å². The molecule has 2 aromatic rings. The van der Waals surface area contributed by atoms with Gasteiger partial charge in [-0.25, -0.2) is 4.79 Å². The smallest absolute Gasteiger partial charge is 0.337 e. The van der Waals surface area contributed by atoms with E-state index in [0.29, 0.717) is 12.0 Å².